The second-order valence-corrected chi connectivity index (χ2v) is 8.45. The van der Waals surface area contributed by atoms with Gasteiger partial charge in [-0.3, -0.25) is 9.20 Å². The fraction of sp³-hybridized carbons (Fsp3) is 0.562. The van der Waals surface area contributed by atoms with Gasteiger partial charge in [0.05, 0.1) is 0 Å². The molecule has 0 fully saturated rings. The van der Waals surface area contributed by atoms with Crippen LogP contribution in [0.2, 0.25) is 0 Å². The fourth-order valence-electron chi connectivity index (χ4n) is 1.93. The third kappa shape index (κ3) is 6.13. The number of hydrogen-bond acceptors (Lipinski definition) is 2. The number of nitrogens with zero attached hydrogens (tertiary/aromatic N) is 2. The van der Waals surface area contributed by atoms with Gasteiger partial charge >= 0.3 is 0 Å². The van der Waals surface area contributed by atoms with Crippen molar-refractivity contribution in [1.29, 1.82) is 0 Å². The number of nitrogens with one attached hydrogen (secondary N) is 1. The molecule has 0 amide bonds. The zero-order valence-electron chi connectivity index (χ0n) is 14.0. The van der Waals surface area contributed by atoms with E-state index in [2.05, 4.69) is 10.3 Å². The topological polar surface area (TPSA) is 44.7 Å². The average molecular weight is 327 g/mol. The minimum absolute atomic E-state index is 0.210. The summed E-state index contributed by atoms with van der Waals surface area (Å²) in [5.74, 6) is 1.03. The molecule has 4 nitrogen and oxygen atoms in total. The molecule has 0 aliphatic rings. The van der Waals surface area contributed by atoms with Gasteiger partial charge in [-0.25, -0.2) is 4.39 Å². The summed E-state index contributed by atoms with van der Waals surface area (Å²) in [5.41, 5.74) is 0.878. The van der Waals surface area contributed by atoms with E-state index in [-0.39, 0.29) is 10.6 Å². The summed E-state index contributed by atoms with van der Waals surface area (Å²) in [5, 5.41) is 3.20. The molecule has 0 heterocycles. The molecule has 1 atom stereocenters. The third-order valence-electron chi connectivity index (χ3n) is 3.14. The molecule has 0 bridgehead atoms. The minimum atomic E-state index is -0.896. The fourth-order valence-corrected chi connectivity index (χ4v) is 2.83. The Balaban J connectivity index is 2.52. The molecule has 0 aliphatic carbocycles. The molecule has 124 valence electrons. The normalized spacial score (nSPS) is 13.8. The highest BCUT2D eigenvalue weighted by molar-refractivity contribution is 7.86. The highest BCUT2D eigenvalue weighted by Crippen LogP contribution is 2.10. The number of aliphatic imine (C=N–C) groups is 1. The van der Waals surface area contributed by atoms with Gasteiger partial charge in [-0.05, 0) is 38.5 Å². The Morgan fingerprint density at radius 2 is 2.09 bits per heavy atom. The number of halogens is 1. The molecular formula is C16H26FN3OS. The molecule has 1 rings (SSSR count). The van der Waals surface area contributed by atoms with Crippen LogP contribution in [-0.2, 0) is 17.3 Å². The second-order valence-electron chi connectivity index (χ2n) is 6.12. The molecule has 0 saturated carbocycles. The van der Waals surface area contributed by atoms with E-state index in [1.165, 1.54) is 12.1 Å². The van der Waals surface area contributed by atoms with Crippen molar-refractivity contribution in [1.82, 2.24) is 10.2 Å². The summed E-state index contributed by atoms with van der Waals surface area (Å²) in [6.07, 6.45) is 0. The zero-order chi connectivity index (χ0) is 16.8. The van der Waals surface area contributed by atoms with Crippen molar-refractivity contribution in [3.8, 4) is 0 Å². The van der Waals surface area contributed by atoms with Crippen LogP contribution in [0.15, 0.2) is 29.3 Å². The Labute approximate surface area is 135 Å². The van der Waals surface area contributed by atoms with Gasteiger partial charge in [0, 0.05) is 48.5 Å². The Bertz CT molecular complexity index is 540. The number of hydrogen-bond donors (Lipinski definition) is 1. The van der Waals surface area contributed by atoms with E-state index in [9.17, 15) is 8.60 Å². The first kappa shape index (κ1) is 18.6. The monoisotopic (exact) mass is 327 g/mol. The van der Waals surface area contributed by atoms with Crippen LogP contribution >= 0.6 is 0 Å². The minimum Gasteiger partial charge on any atom is -0.355 e. The summed E-state index contributed by atoms with van der Waals surface area (Å²) < 4.78 is 25.0. The predicted octanol–water partition coefficient (Wildman–Crippen LogP) is 2.38. The van der Waals surface area contributed by atoms with Crippen LogP contribution in [0, 0.1) is 5.82 Å². The smallest absolute Gasteiger partial charge is 0.193 e. The largest absolute Gasteiger partial charge is 0.355 e. The lowest BCUT2D eigenvalue weighted by Gasteiger charge is -2.23. The van der Waals surface area contributed by atoms with Gasteiger partial charge in [-0.15, -0.1) is 0 Å². The van der Waals surface area contributed by atoms with Crippen LogP contribution in [0.5, 0.6) is 0 Å². The van der Waals surface area contributed by atoms with Crippen molar-refractivity contribution in [2.45, 2.75) is 32.1 Å². The van der Waals surface area contributed by atoms with Gasteiger partial charge in [-0.1, -0.05) is 12.1 Å². The summed E-state index contributed by atoms with van der Waals surface area (Å²) >= 11 is 0. The Kier molecular flexibility index (Phi) is 7.00. The van der Waals surface area contributed by atoms with Crippen LogP contribution in [0.1, 0.15) is 26.3 Å². The molecule has 0 saturated heterocycles. The Morgan fingerprint density at radius 3 is 2.64 bits per heavy atom. The molecule has 0 spiro atoms. The van der Waals surface area contributed by atoms with Gasteiger partial charge in [0.2, 0.25) is 0 Å². The molecule has 1 N–H and O–H groups in total. The van der Waals surface area contributed by atoms with E-state index in [1.54, 1.807) is 13.1 Å². The van der Waals surface area contributed by atoms with E-state index >= 15 is 0 Å². The van der Waals surface area contributed by atoms with Crippen molar-refractivity contribution < 1.29 is 8.60 Å². The van der Waals surface area contributed by atoms with Gasteiger partial charge < -0.3 is 10.2 Å². The standard InChI is InChI=1S/C16H26FN3OS/c1-16(2,3)22(21)10-9-19-15(18-4)20(5)12-13-7-6-8-14(17)11-13/h6-8,11H,9-10,12H2,1-5H3,(H,18,19). The predicted molar refractivity (Wildman–Crippen MR) is 92.0 cm³/mol. The number of guanidine groups is 1. The first-order valence-corrected chi connectivity index (χ1v) is 8.60. The van der Waals surface area contributed by atoms with Crippen molar-refractivity contribution in [2.75, 3.05) is 26.4 Å². The molecule has 1 aromatic rings. The Hall–Kier alpha value is -1.43. The summed E-state index contributed by atoms with van der Waals surface area (Å²) in [6, 6.07) is 6.51. The van der Waals surface area contributed by atoms with Crippen molar-refractivity contribution in [3.05, 3.63) is 35.6 Å². The molecular weight excluding hydrogens is 301 g/mol. The van der Waals surface area contributed by atoms with Crippen molar-refractivity contribution in [2.24, 2.45) is 4.99 Å². The molecule has 1 unspecified atom stereocenters. The lowest BCUT2D eigenvalue weighted by Crippen LogP contribution is -2.41. The maximum absolute atomic E-state index is 13.2. The molecule has 0 aliphatic heterocycles. The van der Waals surface area contributed by atoms with Crippen molar-refractivity contribution in [3.63, 3.8) is 0 Å². The number of benzene rings is 1. The van der Waals surface area contributed by atoms with Gasteiger partial charge in [-0.2, -0.15) is 0 Å². The lowest BCUT2D eigenvalue weighted by molar-refractivity contribution is 0.477. The zero-order valence-corrected chi connectivity index (χ0v) is 14.8. The SMILES string of the molecule is CN=C(NCCS(=O)C(C)(C)C)N(C)Cc1cccc(F)c1. The molecule has 0 aromatic heterocycles. The van der Waals surface area contributed by atoms with Crippen LogP contribution in [0.4, 0.5) is 4.39 Å². The third-order valence-corrected chi connectivity index (χ3v) is 5.08. The quantitative estimate of drug-likeness (QED) is 0.667. The summed E-state index contributed by atoms with van der Waals surface area (Å²) in [4.78, 5) is 6.12. The van der Waals surface area contributed by atoms with Gasteiger partial charge in [0.1, 0.15) is 5.82 Å². The van der Waals surface area contributed by atoms with Crippen LogP contribution < -0.4 is 5.32 Å². The highest BCUT2D eigenvalue weighted by Gasteiger charge is 2.19. The van der Waals surface area contributed by atoms with E-state index in [0.717, 1.165) is 5.56 Å². The molecule has 0 radical (unpaired) electrons. The first-order valence-electron chi connectivity index (χ1n) is 7.28. The van der Waals surface area contributed by atoms with E-state index < -0.39 is 10.8 Å². The van der Waals surface area contributed by atoms with Gasteiger partial charge in [0.25, 0.3) is 0 Å². The summed E-state index contributed by atoms with van der Waals surface area (Å²) in [6.45, 7) is 7.04. The van der Waals surface area contributed by atoms with Crippen LogP contribution in [0.3, 0.4) is 0 Å². The maximum Gasteiger partial charge on any atom is 0.193 e. The van der Waals surface area contributed by atoms with E-state index in [4.69, 9.17) is 0 Å². The molecule has 22 heavy (non-hydrogen) atoms. The first-order chi connectivity index (χ1) is 10.2. The van der Waals surface area contributed by atoms with Crippen LogP contribution in [-0.4, -0.2) is 46.2 Å². The lowest BCUT2D eigenvalue weighted by atomic mass is 10.2. The summed E-state index contributed by atoms with van der Waals surface area (Å²) in [7, 11) is 2.69. The van der Waals surface area contributed by atoms with Crippen molar-refractivity contribution >= 4 is 16.8 Å². The van der Waals surface area contributed by atoms with E-state index in [1.807, 2.05) is 38.8 Å². The average Bonchev–Trinajstić information content (AvgIpc) is 2.42. The highest BCUT2D eigenvalue weighted by atomic mass is 32.2. The van der Waals surface area contributed by atoms with Gasteiger partial charge in [0.15, 0.2) is 5.96 Å². The second kappa shape index (κ2) is 8.27. The van der Waals surface area contributed by atoms with Crippen LogP contribution in [0.25, 0.3) is 0 Å². The van der Waals surface area contributed by atoms with E-state index in [0.29, 0.717) is 24.8 Å². The molecule has 1 aromatic carbocycles. The number of rotatable bonds is 5. The Morgan fingerprint density at radius 1 is 1.41 bits per heavy atom. The maximum atomic E-state index is 13.2. The molecule has 6 heteroatoms.